The summed E-state index contributed by atoms with van der Waals surface area (Å²) in [5.74, 6) is 6.00. The summed E-state index contributed by atoms with van der Waals surface area (Å²) >= 11 is 0. The molecule has 5 nitrogen and oxygen atoms in total. The van der Waals surface area contributed by atoms with Crippen LogP contribution in [0.25, 0.3) is 0 Å². The zero-order valence-corrected chi connectivity index (χ0v) is 13.4. The van der Waals surface area contributed by atoms with E-state index in [1.807, 2.05) is 30.3 Å². The van der Waals surface area contributed by atoms with Crippen molar-refractivity contribution in [3.63, 3.8) is 0 Å². The highest BCUT2D eigenvalue weighted by molar-refractivity contribution is 5.92. The van der Waals surface area contributed by atoms with E-state index in [1.165, 1.54) is 12.4 Å². The Morgan fingerprint density at radius 1 is 1.29 bits per heavy atom. The van der Waals surface area contributed by atoms with Crippen molar-refractivity contribution in [3.05, 3.63) is 60.2 Å². The zero-order valence-electron chi connectivity index (χ0n) is 13.4. The number of carbonyl (C=O) groups excluding carboxylic acids is 1. The number of nitrogens with zero attached hydrogens (tertiary/aromatic N) is 3. The third kappa shape index (κ3) is 4.40. The van der Waals surface area contributed by atoms with Gasteiger partial charge in [0.25, 0.3) is 5.91 Å². The second-order valence-corrected chi connectivity index (χ2v) is 5.58. The number of benzene rings is 1. The van der Waals surface area contributed by atoms with Gasteiger partial charge >= 0.3 is 0 Å². The molecule has 1 amide bonds. The maximum atomic E-state index is 12.7. The van der Waals surface area contributed by atoms with Crippen LogP contribution in [-0.4, -0.2) is 46.6 Å². The van der Waals surface area contributed by atoms with E-state index in [-0.39, 0.29) is 12.0 Å². The van der Waals surface area contributed by atoms with E-state index in [0.29, 0.717) is 18.8 Å². The van der Waals surface area contributed by atoms with E-state index in [2.05, 4.69) is 21.8 Å². The van der Waals surface area contributed by atoms with Gasteiger partial charge in [-0.3, -0.25) is 9.78 Å². The molecule has 5 heteroatoms. The number of amides is 1. The molecule has 3 rings (SSSR count). The number of aromatic nitrogens is 2. The van der Waals surface area contributed by atoms with Gasteiger partial charge in [-0.2, -0.15) is 0 Å². The molecule has 1 saturated heterocycles. The largest absolute Gasteiger partial charge is 0.376 e. The maximum absolute atomic E-state index is 12.7. The molecule has 1 fully saturated rings. The summed E-state index contributed by atoms with van der Waals surface area (Å²) in [6, 6.07) is 9.73. The number of ether oxygens (including phenoxy) is 1. The molecule has 2 heterocycles. The highest BCUT2D eigenvalue weighted by Gasteiger charge is 2.23. The Balaban J connectivity index is 1.72. The number of rotatable bonds is 4. The van der Waals surface area contributed by atoms with Gasteiger partial charge in [0.1, 0.15) is 5.69 Å². The Labute approximate surface area is 141 Å². The third-order valence-electron chi connectivity index (χ3n) is 3.79. The lowest BCUT2D eigenvalue weighted by molar-refractivity contribution is 0.0553. The lowest BCUT2D eigenvalue weighted by Crippen LogP contribution is -2.38. The summed E-state index contributed by atoms with van der Waals surface area (Å²) in [5.41, 5.74) is 1.26. The van der Waals surface area contributed by atoms with Gasteiger partial charge in [0.15, 0.2) is 0 Å². The van der Waals surface area contributed by atoms with E-state index in [0.717, 1.165) is 25.0 Å². The molecule has 0 saturated carbocycles. The predicted octanol–water partition coefficient (Wildman–Crippen LogP) is 2.15. The van der Waals surface area contributed by atoms with Gasteiger partial charge in [0.2, 0.25) is 0 Å². The van der Waals surface area contributed by atoms with Gasteiger partial charge < -0.3 is 9.64 Å². The van der Waals surface area contributed by atoms with E-state index in [1.54, 1.807) is 11.1 Å². The fourth-order valence-electron chi connectivity index (χ4n) is 2.58. The Morgan fingerprint density at radius 2 is 2.17 bits per heavy atom. The molecule has 0 aliphatic carbocycles. The molecule has 0 radical (unpaired) electrons. The molecule has 0 N–H and O–H groups in total. The van der Waals surface area contributed by atoms with E-state index in [4.69, 9.17) is 4.74 Å². The van der Waals surface area contributed by atoms with E-state index >= 15 is 0 Å². The second-order valence-electron chi connectivity index (χ2n) is 5.58. The van der Waals surface area contributed by atoms with Crippen molar-refractivity contribution < 1.29 is 9.53 Å². The summed E-state index contributed by atoms with van der Waals surface area (Å²) in [6.45, 7) is 1.62. The summed E-state index contributed by atoms with van der Waals surface area (Å²) in [5, 5.41) is 0. The third-order valence-corrected chi connectivity index (χ3v) is 3.79. The first-order valence-electron chi connectivity index (χ1n) is 8.04. The molecule has 24 heavy (non-hydrogen) atoms. The number of hydrogen-bond acceptors (Lipinski definition) is 4. The highest BCUT2D eigenvalue weighted by Crippen LogP contribution is 2.14. The average molecular weight is 321 g/mol. The van der Waals surface area contributed by atoms with Crippen molar-refractivity contribution in [1.29, 1.82) is 0 Å². The lowest BCUT2D eigenvalue weighted by Gasteiger charge is -2.22. The SMILES string of the molecule is O=C(c1cnccn1)N(CC#Cc1ccccc1)C[C@H]1CCCO1. The fraction of sp³-hybridized carbons (Fsp3) is 0.316. The quantitative estimate of drug-likeness (QED) is 0.810. The van der Waals surface area contributed by atoms with Crippen LogP contribution in [-0.2, 0) is 4.74 Å². The van der Waals surface area contributed by atoms with Crippen LogP contribution in [0.15, 0.2) is 48.9 Å². The van der Waals surface area contributed by atoms with Crippen LogP contribution in [0.3, 0.4) is 0 Å². The van der Waals surface area contributed by atoms with Crippen LogP contribution in [0.4, 0.5) is 0 Å². The minimum absolute atomic E-state index is 0.0733. The van der Waals surface area contributed by atoms with E-state index in [9.17, 15) is 4.79 Å². The average Bonchev–Trinajstić information content (AvgIpc) is 3.15. The minimum Gasteiger partial charge on any atom is -0.376 e. The van der Waals surface area contributed by atoms with Gasteiger partial charge in [0.05, 0.1) is 18.8 Å². The first kappa shape index (κ1) is 16.2. The van der Waals surface area contributed by atoms with Gasteiger partial charge in [-0.05, 0) is 25.0 Å². The first-order chi connectivity index (χ1) is 11.8. The molecule has 0 unspecified atom stereocenters. The van der Waals surface area contributed by atoms with Crippen LogP contribution in [0.2, 0.25) is 0 Å². The predicted molar refractivity (Wildman–Crippen MR) is 90.2 cm³/mol. The molecule has 1 atom stereocenters. The smallest absolute Gasteiger partial charge is 0.274 e. The molecule has 1 aromatic heterocycles. The van der Waals surface area contributed by atoms with Crippen LogP contribution in [0.1, 0.15) is 28.9 Å². The molecule has 1 aliphatic rings. The highest BCUT2D eigenvalue weighted by atomic mass is 16.5. The topological polar surface area (TPSA) is 55.3 Å². The summed E-state index contributed by atoms with van der Waals surface area (Å²) in [4.78, 5) is 22.4. The Morgan fingerprint density at radius 3 is 2.88 bits per heavy atom. The van der Waals surface area contributed by atoms with Gasteiger partial charge in [-0.1, -0.05) is 30.0 Å². The molecule has 0 spiro atoms. The fourth-order valence-corrected chi connectivity index (χ4v) is 2.58. The van der Waals surface area contributed by atoms with Crippen LogP contribution >= 0.6 is 0 Å². The molecule has 2 aromatic rings. The standard InChI is InChI=1S/C19H19N3O2/c23-19(18-14-20-10-11-21-18)22(15-17-9-5-13-24-17)12-4-8-16-6-2-1-3-7-16/h1-3,6-7,10-11,14,17H,5,9,12-13,15H2/t17-/m1/s1. The molecule has 1 aromatic carbocycles. The molecule has 0 bridgehead atoms. The molecular formula is C19H19N3O2. The molecule has 122 valence electrons. The molecule has 1 aliphatic heterocycles. The van der Waals surface area contributed by atoms with Crippen molar-refractivity contribution in [2.24, 2.45) is 0 Å². The van der Waals surface area contributed by atoms with Crippen LogP contribution in [0.5, 0.6) is 0 Å². The number of carbonyl (C=O) groups is 1. The Bertz CT molecular complexity index is 717. The Hall–Kier alpha value is -2.71. The van der Waals surface area contributed by atoms with Crippen LogP contribution < -0.4 is 0 Å². The van der Waals surface area contributed by atoms with Crippen molar-refractivity contribution in [2.75, 3.05) is 19.7 Å². The van der Waals surface area contributed by atoms with E-state index < -0.39 is 0 Å². The first-order valence-corrected chi connectivity index (χ1v) is 8.04. The van der Waals surface area contributed by atoms with Crippen molar-refractivity contribution >= 4 is 5.91 Å². The zero-order chi connectivity index (χ0) is 16.6. The van der Waals surface area contributed by atoms with Crippen molar-refractivity contribution in [3.8, 4) is 11.8 Å². The second kappa shape index (κ2) is 8.23. The molecular weight excluding hydrogens is 302 g/mol. The summed E-state index contributed by atoms with van der Waals surface area (Å²) < 4.78 is 5.66. The van der Waals surface area contributed by atoms with Crippen molar-refractivity contribution in [1.82, 2.24) is 14.9 Å². The summed E-state index contributed by atoms with van der Waals surface area (Å²) in [6.07, 6.45) is 6.63. The minimum atomic E-state index is -0.166. The monoisotopic (exact) mass is 321 g/mol. The maximum Gasteiger partial charge on any atom is 0.274 e. The van der Waals surface area contributed by atoms with Crippen molar-refractivity contribution in [2.45, 2.75) is 18.9 Å². The van der Waals surface area contributed by atoms with Gasteiger partial charge in [0, 0.05) is 31.1 Å². The number of hydrogen-bond donors (Lipinski definition) is 0. The lowest BCUT2D eigenvalue weighted by atomic mass is 10.2. The van der Waals surface area contributed by atoms with Crippen LogP contribution in [0, 0.1) is 11.8 Å². The van der Waals surface area contributed by atoms with Gasteiger partial charge in [-0.15, -0.1) is 0 Å². The van der Waals surface area contributed by atoms with Gasteiger partial charge in [-0.25, -0.2) is 4.98 Å². The Kier molecular flexibility index (Phi) is 5.54. The normalized spacial score (nSPS) is 16.2. The summed E-state index contributed by atoms with van der Waals surface area (Å²) in [7, 11) is 0.